The minimum atomic E-state index is -0.962. The molecule has 0 heterocycles. The Kier molecular flexibility index (Phi) is 5.56. The molecule has 0 radical (unpaired) electrons. The van der Waals surface area contributed by atoms with Crippen molar-refractivity contribution in [1.29, 1.82) is 5.26 Å². The van der Waals surface area contributed by atoms with Crippen LogP contribution in [0, 0.1) is 28.6 Å². The Morgan fingerprint density at radius 2 is 1.79 bits per heavy atom. The Balaban J connectivity index is 1.72. The summed E-state index contributed by atoms with van der Waals surface area (Å²) in [5.74, 6) is 0.899. The van der Waals surface area contributed by atoms with Crippen LogP contribution < -0.4 is 4.74 Å². The molecule has 2 aromatic rings. The number of hydrogen-bond donors (Lipinski definition) is 0. The molecule has 144 valence electrons. The maximum Gasteiger partial charge on any atom is 0.311 e. The largest absolute Gasteiger partial charge is 0.457 e. The predicted octanol–water partition coefficient (Wildman–Crippen LogP) is 5.83. The van der Waals surface area contributed by atoms with Crippen LogP contribution in [0.15, 0.2) is 66.2 Å². The van der Waals surface area contributed by atoms with Crippen LogP contribution in [0.4, 0.5) is 0 Å². The van der Waals surface area contributed by atoms with Crippen molar-refractivity contribution in [3.8, 4) is 17.6 Å². The van der Waals surface area contributed by atoms with E-state index >= 15 is 0 Å². The number of nitrogens with zero attached hydrogens (tertiary/aromatic N) is 1. The van der Waals surface area contributed by atoms with Gasteiger partial charge in [0.2, 0.25) is 6.10 Å². The number of carbonyl (C=O) groups is 1. The molecule has 0 aliphatic heterocycles. The van der Waals surface area contributed by atoms with Gasteiger partial charge in [-0.2, -0.15) is 5.26 Å². The third-order valence-corrected chi connectivity index (χ3v) is 5.17. The fourth-order valence-electron chi connectivity index (χ4n) is 3.52. The van der Waals surface area contributed by atoms with Crippen molar-refractivity contribution >= 4 is 5.97 Å². The highest BCUT2D eigenvalue weighted by atomic mass is 16.5. The second-order valence-electron chi connectivity index (χ2n) is 8.00. The van der Waals surface area contributed by atoms with E-state index in [1.165, 1.54) is 5.57 Å². The van der Waals surface area contributed by atoms with Crippen molar-refractivity contribution in [2.24, 2.45) is 17.3 Å². The van der Waals surface area contributed by atoms with E-state index < -0.39 is 6.10 Å². The molecule has 1 aliphatic carbocycles. The fraction of sp³-hybridized carbons (Fsp3) is 0.333. The molecule has 1 fully saturated rings. The van der Waals surface area contributed by atoms with Crippen molar-refractivity contribution < 1.29 is 14.3 Å². The van der Waals surface area contributed by atoms with Gasteiger partial charge in [0.05, 0.1) is 5.92 Å². The summed E-state index contributed by atoms with van der Waals surface area (Å²) in [5.41, 5.74) is 1.63. The lowest BCUT2D eigenvalue weighted by atomic mass is 10.1. The number of hydrogen-bond acceptors (Lipinski definition) is 4. The van der Waals surface area contributed by atoms with E-state index in [-0.39, 0.29) is 23.2 Å². The summed E-state index contributed by atoms with van der Waals surface area (Å²) in [5, 5.41) is 9.57. The van der Waals surface area contributed by atoms with Crippen molar-refractivity contribution in [2.45, 2.75) is 33.8 Å². The first-order valence-corrected chi connectivity index (χ1v) is 9.41. The summed E-state index contributed by atoms with van der Waals surface area (Å²) < 4.78 is 11.4. The zero-order valence-corrected chi connectivity index (χ0v) is 16.7. The van der Waals surface area contributed by atoms with Gasteiger partial charge in [0.25, 0.3) is 0 Å². The third-order valence-electron chi connectivity index (χ3n) is 5.17. The summed E-state index contributed by atoms with van der Waals surface area (Å²) in [7, 11) is 0. The standard InChI is InChI=1S/C24H25NO3/c1-16(2)13-20-22(24(20,3)4)23(26)28-21(15-25)17-9-8-12-19(14-17)27-18-10-6-5-7-11-18/h5-14,20-22H,1-4H3/t20-,21-,22-/m1/s1. The maximum atomic E-state index is 12.7. The topological polar surface area (TPSA) is 59.3 Å². The molecule has 1 aliphatic rings. The minimum Gasteiger partial charge on any atom is -0.457 e. The molecule has 1 saturated carbocycles. The molecule has 0 bridgehead atoms. The van der Waals surface area contributed by atoms with E-state index in [0.717, 1.165) is 0 Å². The van der Waals surface area contributed by atoms with Gasteiger partial charge in [-0.1, -0.05) is 55.8 Å². The van der Waals surface area contributed by atoms with E-state index in [1.54, 1.807) is 18.2 Å². The molecular weight excluding hydrogens is 350 g/mol. The van der Waals surface area contributed by atoms with Crippen molar-refractivity contribution in [3.05, 3.63) is 71.8 Å². The third kappa shape index (κ3) is 4.26. The van der Waals surface area contributed by atoms with Gasteiger partial charge in [-0.3, -0.25) is 4.79 Å². The average Bonchev–Trinajstić information content (AvgIpc) is 3.20. The molecule has 28 heavy (non-hydrogen) atoms. The Bertz CT molecular complexity index is 920. The van der Waals surface area contributed by atoms with Crippen LogP contribution in [0.3, 0.4) is 0 Å². The van der Waals surface area contributed by atoms with Gasteiger partial charge in [-0.05, 0) is 49.4 Å². The second-order valence-corrected chi connectivity index (χ2v) is 8.00. The Hall–Kier alpha value is -3.06. The normalized spacial score (nSPS) is 20.4. The highest BCUT2D eigenvalue weighted by Gasteiger charge is 2.61. The van der Waals surface area contributed by atoms with Crippen molar-refractivity contribution in [1.82, 2.24) is 0 Å². The number of para-hydroxylation sites is 1. The SMILES string of the molecule is CC(C)=C[C@@H]1[C@H](C(=O)O[C@H](C#N)c2cccc(Oc3ccccc3)c2)C1(C)C. The molecule has 0 N–H and O–H groups in total. The molecule has 0 amide bonds. The van der Waals surface area contributed by atoms with Gasteiger partial charge in [-0.25, -0.2) is 0 Å². The van der Waals surface area contributed by atoms with Crippen LogP contribution in [-0.2, 0) is 9.53 Å². The second kappa shape index (κ2) is 7.90. The number of carbonyl (C=O) groups excluding carboxylic acids is 1. The van der Waals surface area contributed by atoms with Gasteiger partial charge in [0, 0.05) is 5.56 Å². The number of ether oxygens (including phenoxy) is 2. The van der Waals surface area contributed by atoms with E-state index in [0.29, 0.717) is 17.1 Å². The molecule has 4 heteroatoms. The molecule has 0 aromatic heterocycles. The molecule has 0 saturated heterocycles. The Morgan fingerprint density at radius 1 is 1.11 bits per heavy atom. The molecule has 3 atom stereocenters. The van der Waals surface area contributed by atoms with Gasteiger partial charge in [0.15, 0.2) is 0 Å². The molecular formula is C24H25NO3. The van der Waals surface area contributed by atoms with Crippen LogP contribution in [0.1, 0.15) is 39.4 Å². The van der Waals surface area contributed by atoms with Gasteiger partial charge < -0.3 is 9.47 Å². The first-order valence-electron chi connectivity index (χ1n) is 9.41. The molecule has 3 rings (SSSR count). The van der Waals surface area contributed by atoms with Crippen LogP contribution in [0.25, 0.3) is 0 Å². The Morgan fingerprint density at radius 3 is 2.43 bits per heavy atom. The van der Waals surface area contributed by atoms with Crippen LogP contribution in [-0.4, -0.2) is 5.97 Å². The molecule has 2 aromatic carbocycles. The van der Waals surface area contributed by atoms with Gasteiger partial charge in [0.1, 0.15) is 17.6 Å². The van der Waals surface area contributed by atoms with Crippen LogP contribution >= 0.6 is 0 Å². The predicted molar refractivity (Wildman–Crippen MR) is 108 cm³/mol. The monoisotopic (exact) mass is 375 g/mol. The van der Waals surface area contributed by atoms with Crippen molar-refractivity contribution in [3.63, 3.8) is 0 Å². The average molecular weight is 375 g/mol. The molecule has 0 unspecified atom stereocenters. The van der Waals surface area contributed by atoms with Crippen LogP contribution in [0.2, 0.25) is 0 Å². The minimum absolute atomic E-state index is 0.146. The van der Waals surface area contributed by atoms with E-state index in [4.69, 9.17) is 9.47 Å². The zero-order valence-electron chi connectivity index (χ0n) is 16.7. The number of allylic oxidation sites excluding steroid dienone is 2. The van der Waals surface area contributed by atoms with Crippen LogP contribution in [0.5, 0.6) is 11.5 Å². The number of nitriles is 1. The van der Waals surface area contributed by atoms with E-state index in [1.807, 2.05) is 50.2 Å². The lowest BCUT2D eigenvalue weighted by Gasteiger charge is -2.13. The number of rotatable bonds is 6. The summed E-state index contributed by atoms with van der Waals surface area (Å²) in [4.78, 5) is 12.7. The summed E-state index contributed by atoms with van der Waals surface area (Å²) in [6.45, 7) is 8.15. The lowest BCUT2D eigenvalue weighted by molar-refractivity contribution is -0.149. The zero-order chi connectivity index (χ0) is 20.3. The summed E-state index contributed by atoms with van der Waals surface area (Å²) in [6.07, 6.45) is 1.15. The Labute approximate surface area is 166 Å². The first kappa shape index (κ1) is 19.7. The van der Waals surface area contributed by atoms with Gasteiger partial charge >= 0.3 is 5.97 Å². The molecule has 4 nitrogen and oxygen atoms in total. The summed E-state index contributed by atoms with van der Waals surface area (Å²) >= 11 is 0. The van der Waals surface area contributed by atoms with Crippen molar-refractivity contribution in [2.75, 3.05) is 0 Å². The lowest BCUT2D eigenvalue weighted by Crippen LogP contribution is -2.14. The first-order chi connectivity index (χ1) is 13.3. The number of benzene rings is 2. The fourth-order valence-corrected chi connectivity index (χ4v) is 3.52. The smallest absolute Gasteiger partial charge is 0.311 e. The number of esters is 1. The summed E-state index contributed by atoms with van der Waals surface area (Å²) in [6, 6.07) is 18.6. The van der Waals surface area contributed by atoms with E-state index in [2.05, 4.69) is 26.0 Å². The molecule has 0 spiro atoms. The highest BCUT2D eigenvalue weighted by Crippen LogP contribution is 2.60. The quantitative estimate of drug-likeness (QED) is 0.471. The highest BCUT2D eigenvalue weighted by molar-refractivity contribution is 5.78. The maximum absolute atomic E-state index is 12.7. The van der Waals surface area contributed by atoms with E-state index in [9.17, 15) is 10.1 Å². The van der Waals surface area contributed by atoms with Gasteiger partial charge in [-0.15, -0.1) is 0 Å².